The standard InChI is InChI=1S/C22H30N2O2/c25-21(24-11-8-22(9-12-24)10-13-26-22)20-16-23(15-19(20)18-6-7-18)14-17-4-2-1-3-5-17/h1-5,18-20H,6-16H2/t19-,20+/m0/s1. The molecule has 0 aromatic heterocycles. The maximum absolute atomic E-state index is 13.3. The molecular formula is C22H30N2O2. The minimum Gasteiger partial charge on any atom is -0.375 e. The summed E-state index contributed by atoms with van der Waals surface area (Å²) in [5.74, 6) is 1.99. The Morgan fingerprint density at radius 2 is 1.81 bits per heavy atom. The van der Waals surface area contributed by atoms with Gasteiger partial charge in [-0.1, -0.05) is 30.3 Å². The van der Waals surface area contributed by atoms with Crippen molar-refractivity contribution < 1.29 is 9.53 Å². The summed E-state index contributed by atoms with van der Waals surface area (Å²) in [4.78, 5) is 18.0. The van der Waals surface area contributed by atoms with E-state index in [4.69, 9.17) is 4.74 Å². The lowest BCUT2D eigenvalue weighted by molar-refractivity contribution is -0.177. The Balaban J connectivity index is 1.24. The Morgan fingerprint density at radius 1 is 1.08 bits per heavy atom. The molecule has 2 atom stereocenters. The fraction of sp³-hybridized carbons (Fsp3) is 0.682. The number of carbonyl (C=O) groups is 1. The van der Waals surface area contributed by atoms with Crippen LogP contribution in [0, 0.1) is 17.8 Å². The third kappa shape index (κ3) is 3.18. The second kappa shape index (κ2) is 6.65. The molecule has 4 fully saturated rings. The number of carbonyl (C=O) groups excluding carboxylic acids is 1. The summed E-state index contributed by atoms with van der Waals surface area (Å²) in [6, 6.07) is 10.7. The van der Waals surface area contributed by atoms with E-state index >= 15 is 0 Å². The van der Waals surface area contributed by atoms with E-state index in [1.54, 1.807) is 0 Å². The minimum absolute atomic E-state index is 0.127. The molecule has 1 aromatic carbocycles. The number of piperidine rings is 1. The van der Waals surface area contributed by atoms with Crippen LogP contribution in [0.4, 0.5) is 0 Å². The monoisotopic (exact) mass is 354 g/mol. The molecule has 4 heteroatoms. The van der Waals surface area contributed by atoms with Gasteiger partial charge in [-0.15, -0.1) is 0 Å². The van der Waals surface area contributed by atoms with Crippen LogP contribution in [0.25, 0.3) is 0 Å². The molecule has 26 heavy (non-hydrogen) atoms. The van der Waals surface area contributed by atoms with E-state index in [9.17, 15) is 4.79 Å². The number of ether oxygens (including phenoxy) is 1. The number of amides is 1. The summed E-state index contributed by atoms with van der Waals surface area (Å²) in [5.41, 5.74) is 1.49. The van der Waals surface area contributed by atoms with Gasteiger partial charge in [0, 0.05) is 32.7 Å². The van der Waals surface area contributed by atoms with Crippen molar-refractivity contribution in [1.82, 2.24) is 9.80 Å². The molecule has 3 heterocycles. The first-order chi connectivity index (χ1) is 12.7. The number of benzene rings is 1. The second-order valence-corrected chi connectivity index (χ2v) is 8.89. The molecule has 1 aliphatic carbocycles. The molecule has 3 aliphatic heterocycles. The summed E-state index contributed by atoms with van der Waals surface area (Å²) in [5, 5.41) is 0. The molecule has 0 N–H and O–H groups in total. The van der Waals surface area contributed by atoms with Crippen LogP contribution in [0.3, 0.4) is 0 Å². The minimum atomic E-state index is 0.127. The topological polar surface area (TPSA) is 32.8 Å². The van der Waals surface area contributed by atoms with Gasteiger partial charge in [0.1, 0.15) is 0 Å². The van der Waals surface area contributed by atoms with Crippen LogP contribution in [0.15, 0.2) is 30.3 Å². The first kappa shape index (κ1) is 16.8. The van der Waals surface area contributed by atoms with Crippen molar-refractivity contribution in [2.24, 2.45) is 17.8 Å². The zero-order valence-electron chi connectivity index (χ0n) is 15.6. The quantitative estimate of drug-likeness (QED) is 0.833. The van der Waals surface area contributed by atoms with E-state index in [2.05, 4.69) is 40.1 Å². The molecule has 140 valence electrons. The SMILES string of the molecule is O=C([C@@H]1CN(Cc2ccccc2)C[C@H]1C1CC1)N1CCC2(CCO2)CC1. The van der Waals surface area contributed by atoms with Crippen molar-refractivity contribution in [3.8, 4) is 0 Å². The maximum atomic E-state index is 13.3. The van der Waals surface area contributed by atoms with Crippen LogP contribution in [0.1, 0.15) is 37.7 Å². The molecule has 1 saturated carbocycles. The lowest BCUT2D eigenvalue weighted by Crippen LogP contribution is -2.54. The number of rotatable bonds is 4. The molecule has 3 saturated heterocycles. The highest BCUT2D eigenvalue weighted by atomic mass is 16.5. The van der Waals surface area contributed by atoms with Gasteiger partial charge >= 0.3 is 0 Å². The van der Waals surface area contributed by atoms with Crippen molar-refractivity contribution >= 4 is 5.91 Å². The van der Waals surface area contributed by atoms with Gasteiger partial charge in [0.2, 0.25) is 5.91 Å². The molecule has 1 amide bonds. The molecule has 1 aromatic rings. The first-order valence-corrected chi connectivity index (χ1v) is 10.4. The van der Waals surface area contributed by atoms with Crippen LogP contribution >= 0.6 is 0 Å². The number of hydrogen-bond acceptors (Lipinski definition) is 3. The molecule has 0 radical (unpaired) electrons. The zero-order chi connectivity index (χ0) is 17.6. The summed E-state index contributed by atoms with van der Waals surface area (Å²) in [6.07, 6.45) is 5.91. The van der Waals surface area contributed by atoms with Gasteiger partial charge in [0.05, 0.1) is 18.1 Å². The van der Waals surface area contributed by atoms with Crippen LogP contribution in [-0.2, 0) is 16.1 Å². The smallest absolute Gasteiger partial charge is 0.227 e. The van der Waals surface area contributed by atoms with Crippen LogP contribution in [-0.4, -0.2) is 54.1 Å². The normalized spacial score (nSPS) is 31.2. The van der Waals surface area contributed by atoms with Crippen LogP contribution in [0.2, 0.25) is 0 Å². The van der Waals surface area contributed by atoms with Gasteiger partial charge < -0.3 is 9.64 Å². The van der Waals surface area contributed by atoms with Crippen LogP contribution < -0.4 is 0 Å². The van der Waals surface area contributed by atoms with Gasteiger partial charge in [-0.25, -0.2) is 0 Å². The van der Waals surface area contributed by atoms with E-state index in [0.717, 1.165) is 58.1 Å². The molecule has 0 bridgehead atoms. The molecule has 1 spiro atoms. The highest BCUT2D eigenvalue weighted by molar-refractivity contribution is 5.80. The lowest BCUT2D eigenvalue weighted by Gasteiger charge is -2.48. The van der Waals surface area contributed by atoms with Gasteiger partial charge in [-0.3, -0.25) is 9.69 Å². The third-order valence-corrected chi connectivity index (χ3v) is 7.19. The number of nitrogens with zero attached hydrogens (tertiary/aromatic N) is 2. The van der Waals surface area contributed by atoms with E-state index in [1.165, 1.54) is 24.8 Å². The lowest BCUT2D eigenvalue weighted by atomic mass is 9.83. The van der Waals surface area contributed by atoms with Crippen molar-refractivity contribution in [3.63, 3.8) is 0 Å². The van der Waals surface area contributed by atoms with Gasteiger partial charge in [-0.05, 0) is 49.5 Å². The highest BCUT2D eigenvalue weighted by Crippen LogP contribution is 2.45. The molecule has 0 unspecified atom stereocenters. The number of likely N-dealkylation sites (tertiary alicyclic amines) is 2. The fourth-order valence-electron chi connectivity index (χ4n) is 5.30. The van der Waals surface area contributed by atoms with Gasteiger partial charge in [0.15, 0.2) is 0 Å². The third-order valence-electron chi connectivity index (χ3n) is 7.19. The number of hydrogen-bond donors (Lipinski definition) is 0. The first-order valence-electron chi connectivity index (χ1n) is 10.4. The average molecular weight is 354 g/mol. The van der Waals surface area contributed by atoms with E-state index in [1.807, 2.05) is 0 Å². The summed E-state index contributed by atoms with van der Waals surface area (Å²) < 4.78 is 5.82. The Labute approximate surface area is 156 Å². The van der Waals surface area contributed by atoms with E-state index < -0.39 is 0 Å². The summed E-state index contributed by atoms with van der Waals surface area (Å²) in [6.45, 7) is 5.71. The molecular weight excluding hydrogens is 324 g/mol. The maximum Gasteiger partial charge on any atom is 0.227 e. The summed E-state index contributed by atoms with van der Waals surface area (Å²) >= 11 is 0. The van der Waals surface area contributed by atoms with Crippen LogP contribution in [0.5, 0.6) is 0 Å². The van der Waals surface area contributed by atoms with Crippen molar-refractivity contribution in [1.29, 1.82) is 0 Å². The van der Waals surface area contributed by atoms with Gasteiger partial charge in [0.25, 0.3) is 0 Å². The van der Waals surface area contributed by atoms with Crippen molar-refractivity contribution in [2.45, 2.75) is 44.2 Å². The highest BCUT2D eigenvalue weighted by Gasteiger charge is 2.48. The molecule has 5 rings (SSSR count). The zero-order valence-corrected chi connectivity index (χ0v) is 15.6. The van der Waals surface area contributed by atoms with Crippen molar-refractivity contribution in [3.05, 3.63) is 35.9 Å². The Bertz CT molecular complexity index is 643. The van der Waals surface area contributed by atoms with Gasteiger partial charge in [-0.2, -0.15) is 0 Å². The predicted octanol–water partition coefficient (Wildman–Crippen LogP) is 2.93. The average Bonchev–Trinajstić information content (AvgIpc) is 3.41. The van der Waals surface area contributed by atoms with Crippen molar-refractivity contribution in [2.75, 3.05) is 32.8 Å². The summed E-state index contributed by atoms with van der Waals surface area (Å²) in [7, 11) is 0. The predicted molar refractivity (Wildman–Crippen MR) is 101 cm³/mol. The largest absolute Gasteiger partial charge is 0.375 e. The Morgan fingerprint density at radius 3 is 2.42 bits per heavy atom. The Kier molecular flexibility index (Phi) is 4.29. The second-order valence-electron chi connectivity index (χ2n) is 8.89. The molecule has 4 nitrogen and oxygen atoms in total. The Hall–Kier alpha value is -1.39. The van der Waals surface area contributed by atoms with E-state index in [0.29, 0.717) is 11.8 Å². The fourth-order valence-corrected chi connectivity index (χ4v) is 5.30. The molecule has 4 aliphatic rings. The van der Waals surface area contributed by atoms with E-state index in [-0.39, 0.29) is 11.5 Å².